The molecule has 1 aliphatic carbocycles. The van der Waals surface area contributed by atoms with E-state index in [4.69, 9.17) is 10.5 Å². The summed E-state index contributed by atoms with van der Waals surface area (Å²) in [6.07, 6.45) is 4.49. The third-order valence-corrected chi connectivity index (χ3v) is 3.80. The van der Waals surface area contributed by atoms with E-state index in [9.17, 15) is 0 Å². The summed E-state index contributed by atoms with van der Waals surface area (Å²) in [5.74, 6) is 0.974. The van der Waals surface area contributed by atoms with Gasteiger partial charge in [-0.15, -0.1) is 0 Å². The lowest BCUT2D eigenvalue weighted by Crippen LogP contribution is -2.22. The highest BCUT2D eigenvalue weighted by Gasteiger charge is 2.34. The summed E-state index contributed by atoms with van der Waals surface area (Å²) < 4.78 is 5.60. The molecule has 17 heavy (non-hydrogen) atoms. The van der Waals surface area contributed by atoms with Gasteiger partial charge in [-0.25, -0.2) is 0 Å². The summed E-state index contributed by atoms with van der Waals surface area (Å²) in [6, 6.07) is 8.93. The Labute approximate surface area is 104 Å². The first-order valence-corrected chi connectivity index (χ1v) is 6.63. The van der Waals surface area contributed by atoms with Crippen LogP contribution in [0.25, 0.3) is 0 Å². The molecule has 2 heteroatoms. The summed E-state index contributed by atoms with van der Waals surface area (Å²) in [5, 5.41) is 0. The molecule has 1 aromatic carbocycles. The van der Waals surface area contributed by atoms with E-state index in [1.54, 1.807) is 0 Å². The predicted molar refractivity (Wildman–Crippen MR) is 71.4 cm³/mol. The van der Waals surface area contributed by atoms with Crippen LogP contribution in [0.4, 0.5) is 0 Å². The highest BCUT2D eigenvalue weighted by Crippen LogP contribution is 2.40. The minimum atomic E-state index is 0.267. The van der Waals surface area contributed by atoms with Crippen molar-refractivity contribution in [3.05, 3.63) is 29.8 Å². The van der Waals surface area contributed by atoms with Gasteiger partial charge in [-0.2, -0.15) is 0 Å². The Hall–Kier alpha value is -1.02. The third kappa shape index (κ3) is 2.81. The van der Waals surface area contributed by atoms with Gasteiger partial charge in [0.1, 0.15) is 5.75 Å². The van der Waals surface area contributed by atoms with Crippen molar-refractivity contribution >= 4 is 0 Å². The first-order valence-electron chi connectivity index (χ1n) is 6.63. The lowest BCUT2D eigenvalue weighted by molar-refractivity contribution is 0.317. The maximum Gasteiger partial charge on any atom is 0.119 e. The van der Waals surface area contributed by atoms with Gasteiger partial charge in [0.2, 0.25) is 0 Å². The number of nitrogens with two attached hydrogens (primary N) is 1. The molecule has 94 valence electrons. The van der Waals surface area contributed by atoms with E-state index in [0.717, 1.165) is 31.6 Å². The van der Waals surface area contributed by atoms with Crippen LogP contribution in [0.1, 0.15) is 45.1 Å². The van der Waals surface area contributed by atoms with Gasteiger partial charge in [0, 0.05) is 6.04 Å². The van der Waals surface area contributed by atoms with Crippen molar-refractivity contribution in [2.75, 3.05) is 6.61 Å². The summed E-state index contributed by atoms with van der Waals surface area (Å²) in [5.41, 5.74) is 7.68. The number of benzene rings is 1. The SMILES string of the molecule is CCCOc1ccc(C2(C)CCC(N)C2)cc1. The molecule has 0 bridgehead atoms. The molecule has 1 fully saturated rings. The maximum atomic E-state index is 6.02. The van der Waals surface area contributed by atoms with Crippen molar-refractivity contribution in [2.24, 2.45) is 5.73 Å². The molecule has 0 saturated heterocycles. The van der Waals surface area contributed by atoms with Crippen molar-refractivity contribution < 1.29 is 4.74 Å². The predicted octanol–water partition coefficient (Wildman–Crippen LogP) is 3.24. The topological polar surface area (TPSA) is 35.2 Å². The van der Waals surface area contributed by atoms with Crippen LogP contribution in [0, 0.1) is 0 Å². The molecule has 2 unspecified atom stereocenters. The average Bonchev–Trinajstić information content (AvgIpc) is 2.68. The van der Waals surface area contributed by atoms with Crippen molar-refractivity contribution in [1.29, 1.82) is 0 Å². The first-order chi connectivity index (χ1) is 8.14. The molecule has 0 heterocycles. The monoisotopic (exact) mass is 233 g/mol. The second kappa shape index (κ2) is 5.09. The fourth-order valence-electron chi connectivity index (χ4n) is 2.72. The van der Waals surface area contributed by atoms with Gasteiger partial charge >= 0.3 is 0 Å². The summed E-state index contributed by atoms with van der Waals surface area (Å²) in [7, 11) is 0. The quantitative estimate of drug-likeness (QED) is 0.866. The van der Waals surface area contributed by atoms with Crippen molar-refractivity contribution in [3.63, 3.8) is 0 Å². The van der Waals surface area contributed by atoms with Gasteiger partial charge in [-0.05, 0) is 48.8 Å². The molecule has 2 rings (SSSR count). The Kier molecular flexibility index (Phi) is 3.72. The smallest absolute Gasteiger partial charge is 0.119 e. The molecule has 0 aromatic heterocycles. The molecular weight excluding hydrogens is 210 g/mol. The lowest BCUT2D eigenvalue weighted by atomic mass is 9.81. The van der Waals surface area contributed by atoms with Crippen molar-refractivity contribution in [1.82, 2.24) is 0 Å². The third-order valence-electron chi connectivity index (χ3n) is 3.80. The molecule has 0 radical (unpaired) electrons. The minimum absolute atomic E-state index is 0.267. The molecular formula is C15H23NO. The standard InChI is InChI=1S/C15H23NO/c1-3-10-17-14-6-4-12(5-7-14)15(2)9-8-13(16)11-15/h4-7,13H,3,8-11,16H2,1-2H3. The van der Waals surface area contributed by atoms with Crippen LogP contribution in [0.15, 0.2) is 24.3 Å². The zero-order chi connectivity index (χ0) is 12.3. The average molecular weight is 233 g/mol. The van der Waals surface area contributed by atoms with E-state index < -0.39 is 0 Å². The van der Waals surface area contributed by atoms with E-state index in [2.05, 4.69) is 38.1 Å². The number of rotatable bonds is 4. The van der Waals surface area contributed by atoms with Crippen molar-refractivity contribution in [3.8, 4) is 5.75 Å². The summed E-state index contributed by atoms with van der Waals surface area (Å²) in [6.45, 7) is 5.23. The fourth-order valence-corrected chi connectivity index (χ4v) is 2.72. The van der Waals surface area contributed by atoms with Gasteiger partial charge < -0.3 is 10.5 Å². The van der Waals surface area contributed by atoms with E-state index in [1.807, 2.05) is 0 Å². The fraction of sp³-hybridized carbons (Fsp3) is 0.600. The Morgan fingerprint density at radius 1 is 1.35 bits per heavy atom. The van der Waals surface area contributed by atoms with E-state index >= 15 is 0 Å². The van der Waals surface area contributed by atoms with Gasteiger partial charge in [0.15, 0.2) is 0 Å². The van der Waals surface area contributed by atoms with Crippen LogP contribution in [0.5, 0.6) is 5.75 Å². The van der Waals surface area contributed by atoms with Crippen LogP contribution in [0.3, 0.4) is 0 Å². The number of hydrogen-bond acceptors (Lipinski definition) is 2. The van der Waals surface area contributed by atoms with Gasteiger partial charge in [-0.3, -0.25) is 0 Å². The van der Waals surface area contributed by atoms with E-state index in [-0.39, 0.29) is 5.41 Å². The molecule has 1 aromatic rings. The maximum absolute atomic E-state index is 6.02. The molecule has 1 saturated carbocycles. The van der Waals surface area contributed by atoms with Crippen LogP contribution in [-0.4, -0.2) is 12.6 Å². The second-order valence-electron chi connectivity index (χ2n) is 5.44. The lowest BCUT2D eigenvalue weighted by Gasteiger charge is -2.24. The molecule has 2 N–H and O–H groups in total. The Bertz CT molecular complexity index is 360. The number of hydrogen-bond donors (Lipinski definition) is 1. The van der Waals surface area contributed by atoms with Gasteiger partial charge in [0.25, 0.3) is 0 Å². The minimum Gasteiger partial charge on any atom is -0.494 e. The zero-order valence-electron chi connectivity index (χ0n) is 10.9. The Balaban J connectivity index is 2.07. The second-order valence-corrected chi connectivity index (χ2v) is 5.44. The Morgan fingerprint density at radius 2 is 2.06 bits per heavy atom. The van der Waals surface area contributed by atoms with E-state index in [0.29, 0.717) is 6.04 Å². The number of ether oxygens (including phenoxy) is 1. The molecule has 0 aliphatic heterocycles. The first kappa shape index (κ1) is 12.4. The molecule has 1 aliphatic rings. The largest absolute Gasteiger partial charge is 0.494 e. The molecule has 0 spiro atoms. The van der Waals surface area contributed by atoms with E-state index in [1.165, 1.54) is 12.0 Å². The van der Waals surface area contributed by atoms with Gasteiger partial charge in [0.05, 0.1) is 6.61 Å². The zero-order valence-corrected chi connectivity index (χ0v) is 10.9. The summed E-state index contributed by atoms with van der Waals surface area (Å²) >= 11 is 0. The van der Waals surface area contributed by atoms with Crippen molar-refractivity contribution in [2.45, 2.75) is 51.0 Å². The van der Waals surface area contributed by atoms with Crippen LogP contribution < -0.4 is 10.5 Å². The molecule has 0 amide bonds. The summed E-state index contributed by atoms with van der Waals surface area (Å²) in [4.78, 5) is 0. The molecule has 2 nitrogen and oxygen atoms in total. The Morgan fingerprint density at radius 3 is 2.59 bits per heavy atom. The van der Waals surface area contributed by atoms with Crippen LogP contribution >= 0.6 is 0 Å². The highest BCUT2D eigenvalue weighted by atomic mass is 16.5. The van der Waals surface area contributed by atoms with Gasteiger partial charge in [-0.1, -0.05) is 26.0 Å². The highest BCUT2D eigenvalue weighted by molar-refractivity contribution is 5.33. The van der Waals surface area contributed by atoms with Crippen LogP contribution in [-0.2, 0) is 5.41 Å². The molecule has 2 atom stereocenters. The normalized spacial score (nSPS) is 28.3. The van der Waals surface area contributed by atoms with Crippen LogP contribution in [0.2, 0.25) is 0 Å².